The summed E-state index contributed by atoms with van der Waals surface area (Å²) in [6, 6.07) is 2.55. The van der Waals surface area contributed by atoms with Crippen molar-refractivity contribution in [1.82, 2.24) is 9.97 Å². The van der Waals surface area contributed by atoms with Gasteiger partial charge in [-0.25, -0.2) is 9.97 Å². The molecule has 1 aliphatic rings. The molecule has 1 aliphatic carbocycles. The van der Waals surface area contributed by atoms with Crippen LogP contribution in [0.25, 0.3) is 0 Å². The smallest absolute Gasteiger partial charge is 0.132 e. The van der Waals surface area contributed by atoms with Gasteiger partial charge in [0.15, 0.2) is 0 Å². The zero-order chi connectivity index (χ0) is 14.4. The van der Waals surface area contributed by atoms with Gasteiger partial charge in [0.2, 0.25) is 0 Å². The molecule has 112 valence electrons. The summed E-state index contributed by atoms with van der Waals surface area (Å²) in [5.74, 6) is 2.72. The Morgan fingerprint density at radius 1 is 1.25 bits per heavy atom. The third-order valence-corrected chi connectivity index (χ3v) is 4.61. The van der Waals surface area contributed by atoms with E-state index in [0.717, 1.165) is 41.4 Å². The van der Waals surface area contributed by atoms with Gasteiger partial charge in [-0.3, -0.25) is 0 Å². The molecule has 1 fully saturated rings. The Balaban J connectivity index is 2.06. The average molecular weight is 340 g/mol. The molecule has 0 radical (unpaired) electrons. The molecule has 1 atom stereocenters. The van der Waals surface area contributed by atoms with Gasteiger partial charge in [0.1, 0.15) is 16.2 Å². The van der Waals surface area contributed by atoms with Crippen LogP contribution >= 0.6 is 15.9 Å². The first-order valence-corrected chi connectivity index (χ1v) is 8.82. The van der Waals surface area contributed by atoms with E-state index in [2.05, 4.69) is 45.1 Å². The lowest BCUT2D eigenvalue weighted by atomic mass is 9.83. The van der Waals surface area contributed by atoms with Gasteiger partial charge in [0.25, 0.3) is 0 Å². The summed E-state index contributed by atoms with van der Waals surface area (Å²) < 4.78 is 0.886. The Labute approximate surface area is 131 Å². The van der Waals surface area contributed by atoms with Crippen molar-refractivity contribution in [3.8, 4) is 0 Å². The summed E-state index contributed by atoms with van der Waals surface area (Å²) in [4.78, 5) is 9.09. The van der Waals surface area contributed by atoms with E-state index in [9.17, 15) is 0 Å². The average Bonchev–Trinajstić information content (AvgIpc) is 2.45. The van der Waals surface area contributed by atoms with Crippen LogP contribution in [0.15, 0.2) is 10.7 Å². The number of nitrogens with one attached hydrogen (secondary N) is 1. The number of rotatable bonds is 6. The molecule has 1 unspecified atom stereocenters. The molecular formula is C16H26BrN3. The van der Waals surface area contributed by atoms with Crippen molar-refractivity contribution >= 4 is 21.7 Å². The van der Waals surface area contributed by atoms with Crippen LogP contribution in [-0.2, 0) is 6.42 Å². The minimum atomic E-state index is 0.548. The van der Waals surface area contributed by atoms with Crippen molar-refractivity contribution in [3.63, 3.8) is 0 Å². The second kappa shape index (κ2) is 7.96. The van der Waals surface area contributed by atoms with Crippen LogP contribution in [0.2, 0.25) is 0 Å². The fourth-order valence-corrected chi connectivity index (χ4v) is 3.58. The normalized spacial score (nSPS) is 17.9. The van der Waals surface area contributed by atoms with Crippen molar-refractivity contribution in [2.75, 3.05) is 5.32 Å². The van der Waals surface area contributed by atoms with E-state index in [4.69, 9.17) is 0 Å². The largest absolute Gasteiger partial charge is 0.367 e. The third-order valence-electron chi connectivity index (χ3n) is 4.21. The number of nitrogens with zero attached hydrogens (tertiary/aromatic N) is 2. The van der Waals surface area contributed by atoms with Gasteiger partial charge in [0, 0.05) is 18.5 Å². The molecule has 1 heterocycles. The molecule has 1 saturated carbocycles. The molecule has 4 heteroatoms. The zero-order valence-corrected chi connectivity index (χ0v) is 14.2. The highest BCUT2D eigenvalue weighted by molar-refractivity contribution is 9.10. The molecule has 2 rings (SSSR count). The summed E-state index contributed by atoms with van der Waals surface area (Å²) in [6.07, 6.45) is 10.1. The highest BCUT2D eigenvalue weighted by Crippen LogP contribution is 2.29. The first-order valence-electron chi connectivity index (χ1n) is 8.03. The second-order valence-electron chi connectivity index (χ2n) is 5.80. The lowest BCUT2D eigenvalue weighted by molar-refractivity contribution is 0.312. The number of halogens is 1. The Bertz CT molecular complexity index is 416. The minimum absolute atomic E-state index is 0.548. The topological polar surface area (TPSA) is 37.8 Å². The fourth-order valence-electron chi connectivity index (χ4n) is 3.15. The van der Waals surface area contributed by atoms with Crippen molar-refractivity contribution in [3.05, 3.63) is 16.5 Å². The number of aromatic nitrogens is 2. The van der Waals surface area contributed by atoms with Crippen molar-refractivity contribution in [2.24, 2.45) is 5.92 Å². The molecule has 1 N–H and O–H groups in total. The molecule has 0 bridgehead atoms. The van der Waals surface area contributed by atoms with E-state index in [1.807, 2.05) is 6.07 Å². The monoisotopic (exact) mass is 339 g/mol. The SMILES string of the molecule is CCCc1nc(Br)cc(NC(CC)C2CCCCC2)n1. The number of anilines is 1. The molecular weight excluding hydrogens is 314 g/mol. The summed E-state index contributed by atoms with van der Waals surface area (Å²) in [6.45, 7) is 4.43. The van der Waals surface area contributed by atoms with Gasteiger partial charge in [-0.05, 0) is 47.5 Å². The Morgan fingerprint density at radius 3 is 2.65 bits per heavy atom. The molecule has 1 aromatic rings. The molecule has 0 amide bonds. The van der Waals surface area contributed by atoms with Gasteiger partial charge in [-0.2, -0.15) is 0 Å². The summed E-state index contributed by atoms with van der Waals surface area (Å²) in [7, 11) is 0. The fraction of sp³-hybridized carbons (Fsp3) is 0.750. The maximum absolute atomic E-state index is 4.65. The summed E-state index contributed by atoms with van der Waals surface area (Å²) in [5, 5.41) is 3.66. The van der Waals surface area contributed by atoms with Crippen LogP contribution in [-0.4, -0.2) is 16.0 Å². The van der Waals surface area contributed by atoms with Crippen LogP contribution in [0, 0.1) is 5.92 Å². The van der Waals surface area contributed by atoms with Crippen LogP contribution in [0.4, 0.5) is 5.82 Å². The first-order chi connectivity index (χ1) is 9.72. The van der Waals surface area contributed by atoms with Gasteiger partial charge < -0.3 is 5.32 Å². The predicted molar refractivity (Wildman–Crippen MR) is 88.0 cm³/mol. The standard InChI is InChI=1S/C16H26BrN3/c1-3-8-15-19-14(17)11-16(20-15)18-13(4-2)12-9-6-5-7-10-12/h11-13H,3-10H2,1-2H3,(H,18,19,20). The van der Waals surface area contributed by atoms with E-state index in [-0.39, 0.29) is 0 Å². The molecule has 0 aliphatic heterocycles. The lowest BCUT2D eigenvalue weighted by Gasteiger charge is -2.30. The van der Waals surface area contributed by atoms with E-state index in [1.54, 1.807) is 0 Å². The maximum atomic E-state index is 4.65. The van der Waals surface area contributed by atoms with Gasteiger partial charge in [0.05, 0.1) is 0 Å². The highest BCUT2D eigenvalue weighted by atomic mass is 79.9. The van der Waals surface area contributed by atoms with E-state index >= 15 is 0 Å². The van der Waals surface area contributed by atoms with E-state index in [0.29, 0.717) is 6.04 Å². The summed E-state index contributed by atoms with van der Waals surface area (Å²) in [5.41, 5.74) is 0. The molecule has 0 spiro atoms. The first kappa shape index (κ1) is 15.7. The number of aryl methyl sites for hydroxylation is 1. The van der Waals surface area contributed by atoms with Gasteiger partial charge in [-0.15, -0.1) is 0 Å². The lowest BCUT2D eigenvalue weighted by Crippen LogP contribution is -2.30. The van der Waals surface area contributed by atoms with Crippen LogP contribution in [0.5, 0.6) is 0 Å². The van der Waals surface area contributed by atoms with Crippen LogP contribution in [0.1, 0.15) is 64.6 Å². The number of hydrogen-bond donors (Lipinski definition) is 1. The van der Waals surface area contributed by atoms with Crippen LogP contribution < -0.4 is 5.32 Å². The van der Waals surface area contributed by atoms with E-state index < -0.39 is 0 Å². The van der Waals surface area contributed by atoms with Crippen molar-refractivity contribution in [2.45, 2.75) is 71.3 Å². The quantitative estimate of drug-likeness (QED) is 0.744. The predicted octanol–water partition coefficient (Wildman–Crippen LogP) is 4.96. The molecule has 3 nitrogen and oxygen atoms in total. The van der Waals surface area contributed by atoms with E-state index in [1.165, 1.54) is 32.1 Å². The zero-order valence-electron chi connectivity index (χ0n) is 12.7. The second-order valence-corrected chi connectivity index (χ2v) is 6.61. The number of hydrogen-bond acceptors (Lipinski definition) is 3. The Morgan fingerprint density at radius 2 is 2.00 bits per heavy atom. The van der Waals surface area contributed by atoms with Crippen molar-refractivity contribution in [1.29, 1.82) is 0 Å². The highest BCUT2D eigenvalue weighted by Gasteiger charge is 2.22. The Kier molecular flexibility index (Phi) is 6.27. The summed E-state index contributed by atoms with van der Waals surface area (Å²) >= 11 is 3.50. The van der Waals surface area contributed by atoms with Crippen molar-refractivity contribution < 1.29 is 0 Å². The van der Waals surface area contributed by atoms with Gasteiger partial charge >= 0.3 is 0 Å². The molecule has 1 aromatic heterocycles. The third kappa shape index (κ3) is 4.44. The van der Waals surface area contributed by atoms with Crippen LogP contribution in [0.3, 0.4) is 0 Å². The molecule has 0 saturated heterocycles. The maximum Gasteiger partial charge on any atom is 0.132 e. The van der Waals surface area contributed by atoms with Gasteiger partial charge in [-0.1, -0.05) is 33.1 Å². The minimum Gasteiger partial charge on any atom is -0.367 e. The Hall–Kier alpha value is -0.640. The molecule has 0 aromatic carbocycles. The molecule has 20 heavy (non-hydrogen) atoms.